The van der Waals surface area contributed by atoms with Crippen LogP contribution in [0.5, 0.6) is 0 Å². The predicted octanol–water partition coefficient (Wildman–Crippen LogP) is 25.3. The molecule has 1 unspecified atom stereocenters. The van der Waals surface area contributed by atoms with Crippen molar-refractivity contribution in [1.29, 1.82) is 0 Å². The first-order valence-electron chi connectivity index (χ1n) is 36.8. The van der Waals surface area contributed by atoms with Crippen LogP contribution in [-0.2, 0) is 28.6 Å². The maximum Gasteiger partial charge on any atom is 0.306 e. The predicted molar refractivity (Wildman–Crippen MR) is 353 cm³/mol. The van der Waals surface area contributed by atoms with Crippen LogP contribution in [0.2, 0.25) is 0 Å². The van der Waals surface area contributed by atoms with Gasteiger partial charge < -0.3 is 14.2 Å². The van der Waals surface area contributed by atoms with Gasteiger partial charge in [0.2, 0.25) is 0 Å². The van der Waals surface area contributed by atoms with Crippen LogP contribution < -0.4 is 0 Å². The van der Waals surface area contributed by atoms with E-state index in [1.807, 2.05) is 0 Å². The Hall–Kier alpha value is -2.11. The molecule has 0 aromatic heterocycles. The number of hydrogen-bond acceptors (Lipinski definition) is 6. The van der Waals surface area contributed by atoms with E-state index in [9.17, 15) is 14.4 Å². The van der Waals surface area contributed by atoms with E-state index < -0.39 is 6.10 Å². The summed E-state index contributed by atoms with van der Waals surface area (Å²) in [4.78, 5) is 38.3. The van der Waals surface area contributed by atoms with E-state index in [4.69, 9.17) is 14.2 Å². The Labute approximate surface area is 506 Å². The summed E-state index contributed by atoms with van der Waals surface area (Å²) < 4.78 is 16.9. The lowest BCUT2D eigenvalue weighted by molar-refractivity contribution is -0.167. The van der Waals surface area contributed by atoms with Crippen molar-refractivity contribution in [2.45, 2.75) is 425 Å². The van der Waals surface area contributed by atoms with E-state index in [-0.39, 0.29) is 31.1 Å². The van der Waals surface area contributed by atoms with Crippen LogP contribution in [0, 0.1) is 0 Å². The summed E-state index contributed by atoms with van der Waals surface area (Å²) in [6.45, 7) is 6.68. The smallest absolute Gasteiger partial charge is 0.306 e. The van der Waals surface area contributed by atoms with Crippen LogP contribution in [-0.4, -0.2) is 37.2 Å². The van der Waals surface area contributed by atoms with E-state index >= 15 is 0 Å². The van der Waals surface area contributed by atoms with Crippen molar-refractivity contribution >= 4 is 17.9 Å². The third-order valence-electron chi connectivity index (χ3n) is 16.9. The second kappa shape index (κ2) is 70.4. The fraction of sp³-hybridized carbons (Fsp3) is 0.907. The SMILES string of the molecule is CCCCCCC/C=C\CCCCCCCC(=O)OCC(COC(=O)CCCCCCCCCCCCCCCCCCCCCCCCCCCCCCCCCCCCC)OC(=O)CCCCCCC/C=C\CCCCCCC. The summed E-state index contributed by atoms with van der Waals surface area (Å²) in [6, 6.07) is 0. The average Bonchev–Trinajstić information content (AvgIpc) is 3.47. The Morgan fingerprint density at radius 3 is 0.617 bits per heavy atom. The largest absolute Gasteiger partial charge is 0.462 e. The lowest BCUT2D eigenvalue weighted by atomic mass is 10.0. The second-order valence-corrected chi connectivity index (χ2v) is 25.2. The maximum atomic E-state index is 12.9. The molecule has 81 heavy (non-hydrogen) atoms. The van der Waals surface area contributed by atoms with Crippen molar-refractivity contribution in [3.05, 3.63) is 24.3 Å². The van der Waals surface area contributed by atoms with Crippen LogP contribution in [0.25, 0.3) is 0 Å². The molecule has 0 aromatic carbocycles. The molecule has 0 heterocycles. The number of unbranched alkanes of at least 4 members (excludes halogenated alkanes) is 54. The molecule has 0 aliphatic carbocycles. The van der Waals surface area contributed by atoms with Crippen molar-refractivity contribution in [3.63, 3.8) is 0 Å². The molecule has 6 heteroatoms. The zero-order valence-electron chi connectivity index (χ0n) is 55.1. The monoisotopic (exact) mass is 1140 g/mol. The summed E-state index contributed by atoms with van der Waals surface area (Å²) in [7, 11) is 0. The maximum absolute atomic E-state index is 12.9. The first kappa shape index (κ1) is 78.9. The molecule has 0 aromatic rings. The quantitative estimate of drug-likeness (QED) is 0.0261. The lowest BCUT2D eigenvalue weighted by Crippen LogP contribution is -2.30. The molecule has 0 saturated carbocycles. The average molecular weight is 1140 g/mol. The van der Waals surface area contributed by atoms with Crippen molar-refractivity contribution in [2.75, 3.05) is 13.2 Å². The van der Waals surface area contributed by atoms with Gasteiger partial charge in [-0.2, -0.15) is 0 Å². The van der Waals surface area contributed by atoms with Crippen molar-refractivity contribution in [2.24, 2.45) is 0 Å². The first-order chi connectivity index (χ1) is 40.0. The van der Waals surface area contributed by atoms with Gasteiger partial charge in [0.05, 0.1) is 0 Å². The highest BCUT2D eigenvalue weighted by molar-refractivity contribution is 5.71. The van der Waals surface area contributed by atoms with Gasteiger partial charge in [0.15, 0.2) is 6.10 Å². The van der Waals surface area contributed by atoms with Gasteiger partial charge in [-0.25, -0.2) is 0 Å². The standard InChI is InChI=1S/C75H142O6/c1-4-7-10-13-16-19-22-25-28-29-30-31-32-33-34-35-36-37-38-39-40-41-42-43-44-45-46-47-48-51-53-56-59-62-65-68-74(77)80-71-72(81-75(78)69-66-63-60-57-54-50-27-24-21-18-15-12-9-6-3)70-79-73(76)67-64-61-58-55-52-49-26-23-20-17-14-11-8-5-2/h23-24,26-27,72H,4-22,25,28-71H2,1-3H3/b26-23-,27-24-. The van der Waals surface area contributed by atoms with Crippen molar-refractivity contribution in [1.82, 2.24) is 0 Å². The van der Waals surface area contributed by atoms with Crippen LogP contribution in [0.1, 0.15) is 419 Å². The fourth-order valence-electron chi connectivity index (χ4n) is 11.4. The minimum absolute atomic E-state index is 0.0723. The molecule has 0 bridgehead atoms. The van der Waals surface area contributed by atoms with Crippen LogP contribution in [0.15, 0.2) is 24.3 Å². The minimum Gasteiger partial charge on any atom is -0.462 e. The number of allylic oxidation sites excluding steroid dienone is 4. The zero-order valence-corrected chi connectivity index (χ0v) is 55.1. The second-order valence-electron chi connectivity index (χ2n) is 25.2. The molecule has 0 saturated heterocycles. The van der Waals surface area contributed by atoms with Crippen molar-refractivity contribution in [3.8, 4) is 0 Å². The molecule has 0 radical (unpaired) electrons. The normalized spacial score (nSPS) is 12.1. The number of carbonyl (C=O) groups is 3. The lowest BCUT2D eigenvalue weighted by Gasteiger charge is -2.18. The van der Waals surface area contributed by atoms with Crippen molar-refractivity contribution < 1.29 is 28.6 Å². The molecule has 0 aliphatic rings. The molecule has 0 aliphatic heterocycles. The molecule has 0 fully saturated rings. The van der Waals surface area contributed by atoms with Gasteiger partial charge in [0.1, 0.15) is 13.2 Å². The van der Waals surface area contributed by atoms with Crippen LogP contribution in [0.4, 0.5) is 0 Å². The Balaban J connectivity index is 4.03. The Morgan fingerprint density at radius 1 is 0.235 bits per heavy atom. The van der Waals surface area contributed by atoms with Crippen LogP contribution in [0.3, 0.4) is 0 Å². The highest BCUT2D eigenvalue weighted by atomic mass is 16.6. The zero-order chi connectivity index (χ0) is 58.5. The van der Waals surface area contributed by atoms with Gasteiger partial charge in [-0.15, -0.1) is 0 Å². The highest BCUT2D eigenvalue weighted by Gasteiger charge is 2.19. The number of hydrogen-bond donors (Lipinski definition) is 0. The van der Waals surface area contributed by atoms with E-state index in [0.717, 1.165) is 70.6 Å². The third-order valence-corrected chi connectivity index (χ3v) is 16.9. The van der Waals surface area contributed by atoms with Crippen LogP contribution >= 0.6 is 0 Å². The molecule has 1 atom stereocenters. The summed E-state index contributed by atoms with van der Waals surface area (Å²) in [6.07, 6.45) is 86.7. The molecule has 0 N–H and O–H groups in total. The van der Waals surface area contributed by atoms with Gasteiger partial charge in [0, 0.05) is 19.3 Å². The van der Waals surface area contributed by atoms with Gasteiger partial charge in [-0.3, -0.25) is 14.4 Å². The summed E-state index contributed by atoms with van der Waals surface area (Å²) in [5, 5.41) is 0. The van der Waals surface area contributed by atoms with Gasteiger partial charge in [0.25, 0.3) is 0 Å². The van der Waals surface area contributed by atoms with Gasteiger partial charge >= 0.3 is 17.9 Å². The molecular formula is C75H142O6. The summed E-state index contributed by atoms with van der Waals surface area (Å²) in [5.74, 6) is -0.863. The molecule has 6 nitrogen and oxygen atoms in total. The highest BCUT2D eigenvalue weighted by Crippen LogP contribution is 2.19. The van der Waals surface area contributed by atoms with E-state index in [1.165, 1.54) is 308 Å². The molecular weight excluding hydrogens is 997 g/mol. The number of carbonyl (C=O) groups excluding carboxylic acids is 3. The van der Waals surface area contributed by atoms with E-state index in [2.05, 4.69) is 45.1 Å². The number of esters is 3. The summed E-state index contributed by atoms with van der Waals surface area (Å²) in [5.41, 5.74) is 0. The number of ether oxygens (including phenoxy) is 3. The Morgan fingerprint density at radius 2 is 0.407 bits per heavy atom. The molecule has 478 valence electrons. The Kier molecular flexibility index (Phi) is 68.5. The minimum atomic E-state index is -0.777. The molecule has 0 rings (SSSR count). The molecule has 0 spiro atoms. The van der Waals surface area contributed by atoms with Gasteiger partial charge in [-0.05, 0) is 70.6 Å². The molecule has 0 amide bonds. The first-order valence-corrected chi connectivity index (χ1v) is 36.8. The third kappa shape index (κ3) is 68.6. The summed E-state index contributed by atoms with van der Waals surface area (Å²) >= 11 is 0. The van der Waals surface area contributed by atoms with E-state index in [1.54, 1.807) is 0 Å². The number of rotatable bonds is 69. The van der Waals surface area contributed by atoms with E-state index in [0.29, 0.717) is 19.3 Å². The topological polar surface area (TPSA) is 78.9 Å². The Bertz CT molecular complexity index is 1310. The fourth-order valence-corrected chi connectivity index (χ4v) is 11.4. The van der Waals surface area contributed by atoms with Gasteiger partial charge in [-0.1, -0.05) is 353 Å².